The number of halogens is 1. The monoisotopic (exact) mass is 475 g/mol. The summed E-state index contributed by atoms with van der Waals surface area (Å²) in [4.78, 5) is 14.2. The molecule has 2 aromatic carbocycles. The fourth-order valence-corrected chi connectivity index (χ4v) is 5.47. The van der Waals surface area contributed by atoms with Gasteiger partial charge in [0.25, 0.3) is 0 Å². The van der Waals surface area contributed by atoms with Gasteiger partial charge in [-0.05, 0) is 73.7 Å². The third-order valence-corrected chi connectivity index (χ3v) is 7.83. The van der Waals surface area contributed by atoms with E-state index in [1.807, 2.05) is 37.2 Å². The molecular formula is C24H30FN3O4S. The number of nitrogens with one attached hydrogen (secondary N) is 1. The highest BCUT2D eigenvalue weighted by Gasteiger charge is 2.31. The van der Waals surface area contributed by atoms with Crippen LogP contribution in [0.2, 0.25) is 0 Å². The number of ether oxygens (including phenoxy) is 1. The number of amides is 1. The zero-order chi connectivity index (χ0) is 23.6. The normalized spacial score (nSPS) is 18.5. The summed E-state index contributed by atoms with van der Waals surface area (Å²) in [6.45, 7) is 0.909. The largest absolute Gasteiger partial charge is 0.377 e. The van der Waals surface area contributed by atoms with Crippen molar-refractivity contribution >= 4 is 27.3 Å². The smallest absolute Gasteiger partial charge is 0.243 e. The predicted molar refractivity (Wildman–Crippen MR) is 125 cm³/mol. The fraction of sp³-hybridized carbons (Fsp3) is 0.458. The Balaban J connectivity index is 1.66. The number of rotatable bonds is 9. The lowest BCUT2D eigenvalue weighted by Gasteiger charge is -2.27. The summed E-state index contributed by atoms with van der Waals surface area (Å²) < 4.78 is 47.6. The minimum atomic E-state index is -3.90. The van der Waals surface area contributed by atoms with Crippen LogP contribution >= 0.6 is 0 Å². The van der Waals surface area contributed by atoms with Crippen molar-refractivity contribution in [1.82, 2.24) is 4.31 Å². The van der Waals surface area contributed by atoms with Crippen LogP contribution in [0, 0.1) is 11.7 Å². The Kier molecular flexibility index (Phi) is 7.02. The van der Waals surface area contributed by atoms with Gasteiger partial charge < -0.3 is 15.0 Å². The average molecular weight is 476 g/mol. The molecule has 1 saturated heterocycles. The predicted octanol–water partition coefficient (Wildman–Crippen LogP) is 3.61. The molecule has 1 saturated carbocycles. The molecule has 0 radical (unpaired) electrons. The number of carbonyl (C=O) groups excluding carboxylic acids is 1. The number of anilines is 2. The van der Waals surface area contributed by atoms with Gasteiger partial charge in [-0.2, -0.15) is 4.31 Å². The van der Waals surface area contributed by atoms with Crippen LogP contribution < -0.4 is 10.2 Å². The first-order chi connectivity index (χ1) is 15.7. The third kappa shape index (κ3) is 5.72. The summed E-state index contributed by atoms with van der Waals surface area (Å²) in [7, 11) is -0.126. The van der Waals surface area contributed by atoms with Gasteiger partial charge in [-0.25, -0.2) is 12.8 Å². The van der Waals surface area contributed by atoms with E-state index in [4.69, 9.17) is 4.74 Å². The van der Waals surface area contributed by atoms with Gasteiger partial charge in [0.05, 0.1) is 11.0 Å². The van der Waals surface area contributed by atoms with E-state index in [1.54, 1.807) is 0 Å². The standard InChI is InChI=1S/C24H30FN3O4S/c1-27(2)23-12-9-20(26-24(29)17-5-6-17)14-18(23)15-28(16-21-4-3-13-32-21)33(30,31)22-10-7-19(25)8-11-22/h7-12,14,17,21H,3-6,13,15-16H2,1-2H3,(H,26,29)/t21-/m0/s1. The van der Waals surface area contributed by atoms with Crippen molar-refractivity contribution in [2.45, 2.75) is 43.2 Å². The first-order valence-electron chi connectivity index (χ1n) is 11.2. The molecule has 1 aliphatic heterocycles. The van der Waals surface area contributed by atoms with Gasteiger partial charge in [0.15, 0.2) is 0 Å². The van der Waals surface area contributed by atoms with Crippen molar-refractivity contribution in [3.8, 4) is 0 Å². The van der Waals surface area contributed by atoms with Crippen LogP contribution in [-0.4, -0.2) is 52.0 Å². The number of carbonyl (C=O) groups is 1. The van der Waals surface area contributed by atoms with Crippen molar-refractivity contribution in [1.29, 1.82) is 0 Å². The van der Waals surface area contributed by atoms with Crippen LogP contribution in [-0.2, 0) is 26.1 Å². The lowest BCUT2D eigenvalue weighted by Crippen LogP contribution is -2.37. The van der Waals surface area contributed by atoms with Crippen LogP contribution in [0.5, 0.6) is 0 Å². The van der Waals surface area contributed by atoms with E-state index >= 15 is 0 Å². The highest BCUT2D eigenvalue weighted by atomic mass is 32.2. The number of hydrogen-bond acceptors (Lipinski definition) is 5. The molecule has 4 rings (SSSR count). The van der Waals surface area contributed by atoms with Crippen LogP contribution in [0.1, 0.15) is 31.2 Å². The van der Waals surface area contributed by atoms with Crippen LogP contribution in [0.3, 0.4) is 0 Å². The first-order valence-corrected chi connectivity index (χ1v) is 12.7. The van der Waals surface area contributed by atoms with E-state index in [1.165, 1.54) is 16.4 Å². The molecule has 2 fully saturated rings. The van der Waals surface area contributed by atoms with Gasteiger partial charge in [-0.3, -0.25) is 4.79 Å². The molecule has 1 aliphatic carbocycles. The molecule has 0 bridgehead atoms. The quantitative estimate of drug-likeness (QED) is 0.600. The van der Waals surface area contributed by atoms with Crippen LogP contribution in [0.15, 0.2) is 47.4 Å². The van der Waals surface area contributed by atoms with Crippen LogP contribution in [0.4, 0.5) is 15.8 Å². The molecule has 178 valence electrons. The molecule has 0 unspecified atom stereocenters. The molecule has 2 aliphatic rings. The Labute approximate surface area is 194 Å². The zero-order valence-electron chi connectivity index (χ0n) is 19.0. The lowest BCUT2D eigenvalue weighted by molar-refractivity contribution is -0.117. The Morgan fingerprint density at radius 1 is 1.12 bits per heavy atom. The molecule has 33 heavy (non-hydrogen) atoms. The zero-order valence-corrected chi connectivity index (χ0v) is 19.8. The minimum Gasteiger partial charge on any atom is -0.377 e. The highest BCUT2D eigenvalue weighted by Crippen LogP contribution is 2.32. The van der Waals surface area contributed by atoms with E-state index in [-0.39, 0.29) is 35.9 Å². The van der Waals surface area contributed by atoms with Gasteiger partial charge in [0.2, 0.25) is 15.9 Å². The van der Waals surface area contributed by atoms with Gasteiger partial charge in [-0.15, -0.1) is 0 Å². The fourth-order valence-electron chi connectivity index (χ4n) is 4.02. The SMILES string of the molecule is CN(C)c1ccc(NC(=O)C2CC2)cc1CN(C[C@@H]1CCCO1)S(=O)(=O)c1ccc(F)cc1. The van der Waals surface area contributed by atoms with E-state index in [0.29, 0.717) is 12.3 Å². The maximum atomic E-state index is 13.5. The lowest BCUT2D eigenvalue weighted by atomic mass is 10.1. The molecule has 1 heterocycles. The Hall–Kier alpha value is -2.49. The Bertz CT molecular complexity index is 1100. The molecule has 9 heteroatoms. The van der Waals surface area contributed by atoms with Crippen molar-refractivity contribution < 1.29 is 22.3 Å². The number of nitrogens with zero attached hydrogens (tertiary/aromatic N) is 2. The molecule has 7 nitrogen and oxygen atoms in total. The van der Waals surface area contributed by atoms with Gasteiger partial charge >= 0.3 is 0 Å². The molecular weight excluding hydrogens is 445 g/mol. The van der Waals surface area contributed by atoms with Crippen LogP contribution in [0.25, 0.3) is 0 Å². The maximum absolute atomic E-state index is 13.5. The number of sulfonamides is 1. The second kappa shape index (κ2) is 9.79. The van der Waals surface area contributed by atoms with E-state index in [0.717, 1.165) is 49.1 Å². The molecule has 1 atom stereocenters. The Morgan fingerprint density at radius 2 is 1.85 bits per heavy atom. The third-order valence-electron chi connectivity index (χ3n) is 6.01. The molecule has 2 aromatic rings. The summed E-state index contributed by atoms with van der Waals surface area (Å²) in [5, 5.41) is 2.94. The second-order valence-electron chi connectivity index (χ2n) is 8.89. The number of hydrogen-bond donors (Lipinski definition) is 1. The van der Waals surface area contributed by atoms with Crippen molar-refractivity contribution in [3.05, 3.63) is 53.8 Å². The summed E-state index contributed by atoms with van der Waals surface area (Å²) in [5.41, 5.74) is 2.26. The van der Waals surface area contributed by atoms with Crippen molar-refractivity contribution in [2.24, 2.45) is 5.92 Å². The summed E-state index contributed by atoms with van der Waals surface area (Å²) >= 11 is 0. The molecule has 1 N–H and O–H groups in total. The van der Waals surface area contributed by atoms with Gasteiger partial charge in [0, 0.05) is 51.1 Å². The van der Waals surface area contributed by atoms with Gasteiger partial charge in [0.1, 0.15) is 5.82 Å². The molecule has 0 aromatic heterocycles. The highest BCUT2D eigenvalue weighted by molar-refractivity contribution is 7.89. The first kappa shape index (κ1) is 23.7. The average Bonchev–Trinajstić information content (AvgIpc) is 3.50. The van der Waals surface area contributed by atoms with Crippen molar-refractivity contribution in [2.75, 3.05) is 37.5 Å². The summed E-state index contributed by atoms with van der Waals surface area (Å²) in [5.74, 6) is -0.431. The van der Waals surface area contributed by atoms with Crippen molar-refractivity contribution in [3.63, 3.8) is 0 Å². The van der Waals surface area contributed by atoms with E-state index < -0.39 is 15.8 Å². The number of benzene rings is 2. The maximum Gasteiger partial charge on any atom is 0.243 e. The molecule has 0 spiro atoms. The Morgan fingerprint density at radius 3 is 2.45 bits per heavy atom. The molecule has 1 amide bonds. The minimum absolute atomic E-state index is 0.00583. The van der Waals surface area contributed by atoms with E-state index in [2.05, 4.69) is 5.32 Å². The van der Waals surface area contributed by atoms with Gasteiger partial charge in [-0.1, -0.05) is 0 Å². The summed E-state index contributed by atoms with van der Waals surface area (Å²) in [6, 6.07) is 10.4. The second-order valence-corrected chi connectivity index (χ2v) is 10.8. The summed E-state index contributed by atoms with van der Waals surface area (Å²) in [6.07, 6.45) is 3.29. The topological polar surface area (TPSA) is 79.0 Å². The van der Waals surface area contributed by atoms with E-state index in [9.17, 15) is 17.6 Å².